The van der Waals surface area contributed by atoms with Crippen LogP contribution in [0.25, 0.3) is 0 Å². The van der Waals surface area contributed by atoms with Crippen LogP contribution in [0, 0.1) is 0 Å². The third-order valence-electron chi connectivity index (χ3n) is 3.39. The Kier molecular flexibility index (Phi) is 12.0. The molecule has 24 heavy (non-hydrogen) atoms. The SMILES string of the molecule is CCCCCCOCCOC(COC(=O)c1ccccc1)OCC. The van der Waals surface area contributed by atoms with Crippen molar-refractivity contribution >= 4 is 5.97 Å². The van der Waals surface area contributed by atoms with Crippen molar-refractivity contribution in [3.05, 3.63) is 35.9 Å². The zero-order valence-electron chi connectivity index (χ0n) is 14.9. The monoisotopic (exact) mass is 338 g/mol. The van der Waals surface area contributed by atoms with Gasteiger partial charge in [0.25, 0.3) is 0 Å². The van der Waals surface area contributed by atoms with Gasteiger partial charge in [-0.05, 0) is 25.5 Å². The Morgan fingerprint density at radius 2 is 1.75 bits per heavy atom. The van der Waals surface area contributed by atoms with Crippen molar-refractivity contribution in [2.75, 3.05) is 33.0 Å². The molecule has 0 bridgehead atoms. The fraction of sp³-hybridized carbons (Fsp3) is 0.632. The quantitative estimate of drug-likeness (QED) is 0.293. The summed E-state index contributed by atoms with van der Waals surface area (Å²) < 4.78 is 21.8. The molecule has 0 saturated carbocycles. The van der Waals surface area contributed by atoms with E-state index in [4.69, 9.17) is 18.9 Å². The minimum absolute atomic E-state index is 0.0675. The molecule has 0 saturated heterocycles. The summed E-state index contributed by atoms with van der Waals surface area (Å²) in [6, 6.07) is 8.87. The van der Waals surface area contributed by atoms with E-state index in [-0.39, 0.29) is 12.6 Å². The summed E-state index contributed by atoms with van der Waals surface area (Å²) in [5, 5.41) is 0. The van der Waals surface area contributed by atoms with Crippen LogP contribution < -0.4 is 0 Å². The normalized spacial score (nSPS) is 12.1. The van der Waals surface area contributed by atoms with Gasteiger partial charge in [-0.3, -0.25) is 0 Å². The van der Waals surface area contributed by atoms with E-state index in [0.29, 0.717) is 25.4 Å². The lowest BCUT2D eigenvalue weighted by Gasteiger charge is -2.17. The second-order valence-corrected chi connectivity index (χ2v) is 5.39. The lowest BCUT2D eigenvalue weighted by molar-refractivity contribution is -0.167. The Morgan fingerprint density at radius 1 is 0.958 bits per heavy atom. The van der Waals surface area contributed by atoms with Gasteiger partial charge in [0.15, 0.2) is 6.29 Å². The molecular formula is C19H30O5. The summed E-state index contributed by atoms with van der Waals surface area (Å²) in [7, 11) is 0. The zero-order valence-corrected chi connectivity index (χ0v) is 14.9. The molecule has 0 N–H and O–H groups in total. The van der Waals surface area contributed by atoms with Crippen molar-refractivity contribution < 1.29 is 23.7 Å². The van der Waals surface area contributed by atoms with Gasteiger partial charge >= 0.3 is 5.97 Å². The molecule has 0 aliphatic heterocycles. The van der Waals surface area contributed by atoms with E-state index < -0.39 is 6.29 Å². The minimum Gasteiger partial charge on any atom is -0.457 e. The molecule has 0 aliphatic rings. The fourth-order valence-corrected chi connectivity index (χ4v) is 2.10. The van der Waals surface area contributed by atoms with Crippen LogP contribution in [-0.2, 0) is 18.9 Å². The molecule has 1 rings (SSSR count). The molecule has 1 atom stereocenters. The van der Waals surface area contributed by atoms with Crippen molar-refractivity contribution in [3.8, 4) is 0 Å². The third-order valence-corrected chi connectivity index (χ3v) is 3.39. The third kappa shape index (κ3) is 9.65. The van der Waals surface area contributed by atoms with Crippen LogP contribution in [0.15, 0.2) is 30.3 Å². The number of rotatable bonds is 14. The molecule has 1 aromatic rings. The van der Waals surface area contributed by atoms with E-state index in [0.717, 1.165) is 13.0 Å². The number of unbranched alkanes of at least 4 members (excludes halogenated alkanes) is 3. The number of hydrogen-bond donors (Lipinski definition) is 0. The first-order chi connectivity index (χ1) is 11.8. The standard InChI is InChI=1S/C19H30O5/c1-3-5-6-10-13-21-14-15-23-18(22-4-2)16-24-19(20)17-11-8-7-9-12-17/h7-9,11-12,18H,3-6,10,13-16H2,1-2H3. The maximum absolute atomic E-state index is 11.9. The first-order valence-corrected chi connectivity index (χ1v) is 8.81. The molecular weight excluding hydrogens is 308 g/mol. The van der Waals surface area contributed by atoms with Gasteiger partial charge in [-0.1, -0.05) is 44.4 Å². The van der Waals surface area contributed by atoms with Crippen LogP contribution >= 0.6 is 0 Å². The average molecular weight is 338 g/mol. The van der Waals surface area contributed by atoms with Crippen LogP contribution in [0.3, 0.4) is 0 Å². The number of carbonyl (C=O) groups excluding carboxylic acids is 1. The Morgan fingerprint density at radius 3 is 2.46 bits per heavy atom. The van der Waals surface area contributed by atoms with Crippen LogP contribution in [-0.4, -0.2) is 45.3 Å². The van der Waals surface area contributed by atoms with Gasteiger partial charge in [0, 0.05) is 13.2 Å². The molecule has 136 valence electrons. The summed E-state index contributed by atoms with van der Waals surface area (Å²) in [5.74, 6) is -0.379. The maximum Gasteiger partial charge on any atom is 0.338 e. The van der Waals surface area contributed by atoms with E-state index in [9.17, 15) is 4.79 Å². The van der Waals surface area contributed by atoms with Crippen molar-refractivity contribution in [2.45, 2.75) is 45.8 Å². The highest BCUT2D eigenvalue weighted by atomic mass is 16.7. The summed E-state index contributed by atoms with van der Waals surface area (Å²) in [4.78, 5) is 11.9. The van der Waals surface area contributed by atoms with E-state index in [1.54, 1.807) is 24.3 Å². The Balaban J connectivity index is 2.16. The lowest BCUT2D eigenvalue weighted by Crippen LogP contribution is -2.27. The van der Waals surface area contributed by atoms with Gasteiger partial charge < -0.3 is 18.9 Å². The summed E-state index contributed by atoms with van der Waals surface area (Å²) in [5.41, 5.74) is 0.517. The van der Waals surface area contributed by atoms with E-state index in [2.05, 4.69) is 6.92 Å². The fourth-order valence-electron chi connectivity index (χ4n) is 2.10. The van der Waals surface area contributed by atoms with Crippen molar-refractivity contribution in [3.63, 3.8) is 0 Å². The molecule has 0 radical (unpaired) electrons. The van der Waals surface area contributed by atoms with Crippen LogP contribution in [0.4, 0.5) is 0 Å². The molecule has 5 nitrogen and oxygen atoms in total. The molecule has 0 spiro atoms. The summed E-state index contributed by atoms with van der Waals surface area (Å²) >= 11 is 0. The van der Waals surface area contributed by atoms with E-state index in [1.165, 1.54) is 19.3 Å². The lowest BCUT2D eigenvalue weighted by atomic mass is 10.2. The van der Waals surface area contributed by atoms with Gasteiger partial charge in [0.2, 0.25) is 0 Å². The molecule has 0 heterocycles. The largest absolute Gasteiger partial charge is 0.457 e. The second kappa shape index (κ2) is 14.0. The van der Waals surface area contributed by atoms with Crippen LogP contribution in [0.5, 0.6) is 0 Å². The maximum atomic E-state index is 11.9. The van der Waals surface area contributed by atoms with Gasteiger partial charge in [-0.15, -0.1) is 0 Å². The highest BCUT2D eigenvalue weighted by Gasteiger charge is 2.13. The second-order valence-electron chi connectivity index (χ2n) is 5.39. The smallest absolute Gasteiger partial charge is 0.338 e. The Bertz CT molecular complexity index is 421. The summed E-state index contributed by atoms with van der Waals surface area (Å²) in [6.45, 7) is 6.31. The van der Waals surface area contributed by atoms with E-state index >= 15 is 0 Å². The van der Waals surface area contributed by atoms with E-state index in [1.807, 2.05) is 13.0 Å². The van der Waals surface area contributed by atoms with Crippen molar-refractivity contribution in [2.24, 2.45) is 0 Å². The van der Waals surface area contributed by atoms with Gasteiger partial charge in [0.05, 0.1) is 18.8 Å². The predicted octanol–water partition coefficient (Wildman–Crippen LogP) is 3.82. The average Bonchev–Trinajstić information content (AvgIpc) is 2.62. The Labute approximate surface area is 145 Å². The number of carbonyl (C=O) groups is 1. The number of esters is 1. The minimum atomic E-state index is -0.564. The number of ether oxygens (including phenoxy) is 4. The molecule has 5 heteroatoms. The molecule has 1 aromatic carbocycles. The zero-order chi connectivity index (χ0) is 17.5. The van der Waals surface area contributed by atoms with Crippen LogP contribution in [0.1, 0.15) is 49.9 Å². The first-order valence-electron chi connectivity index (χ1n) is 8.81. The van der Waals surface area contributed by atoms with Gasteiger partial charge in [-0.2, -0.15) is 0 Å². The van der Waals surface area contributed by atoms with Crippen molar-refractivity contribution in [1.29, 1.82) is 0 Å². The van der Waals surface area contributed by atoms with Gasteiger partial charge in [0.1, 0.15) is 6.61 Å². The molecule has 0 amide bonds. The molecule has 0 aliphatic carbocycles. The molecule has 1 unspecified atom stereocenters. The Hall–Kier alpha value is -1.43. The predicted molar refractivity (Wildman–Crippen MR) is 93.1 cm³/mol. The highest BCUT2D eigenvalue weighted by Crippen LogP contribution is 2.04. The van der Waals surface area contributed by atoms with Crippen LogP contribution in [0.2, 0.25) is 0 Å². The van der Waals surface area contributed by atoms with Gasteiger partial charge in [-0.25, -0.2) is 4.79 Å². The number of benzene rings is 1. The number of hydrogen-bond acceptors (Lipinski definition) is 5. The molecule has 0 fully saturated rings. The first kappa shape index (κ1) is 20.6. The van der Waals surface area contributed by atoms with Crippen molar-refractivity contribution in [1.82, 2.24) is 0 Å². The highest BCUT2D eigenvalue weighted by molar-refractivity contribution is 5.89. The topological polar surface area (TPSA) is 54.0 Å². The summed E-state index contributed by atoms with van der Waals surface area (Å²) in [6.07, 6.45) is 4.19. The molecule has 0 aromatic heterocycles.